The number of benzene rings is 2. The molecule has 0 aliphatic rings. The number of amides is 1. The number of nitrogens with one attached hydrogen (secondary N) is 1. The van der Waals surface area contributed by atoms with Gasteiger partial charge in [0.1, 0.15) is 12.0 Å². The zero-order valence-electron chi connectivity index (χ0n) is 13.9. The van der Waals surface area contributed by atoms with E-state index in [-0.39, 0.29) is 19.1 Å². The fourth-order valence-electron chi connectivity index (χ4n) is 2.03. The van der Waals surface area contributed by atoms with Crippen LogP contribution in [0.4, 0.5) is 0 Å². The molecule has 0 aliphatic heterocycles. The summed E-state index contributed by atoms with van der Waals surface area (Å²) in [4.78, 5) is 33.8. The van der Waals surface area contributed by atoms with E-state index in [1.54, 1.807) is 24.3 Å². The SMILES string of the molecule is Cc1ccccc1CNC(=O)COC(=O)COc1ccc(C=O)cc1. The largest absolute Gasteiger partial charge is 0.482 e. The van der Waals surface area contributed by atoms with Crippen LogP contribution < -0.4 is 10.1 Å². The van der Waals surface area contributed by atoms with E-state index in [1.165, 1.54) is 0 Å². The van der Waals surface area contributed by atoms with Crippen LogP contribution in [0.5, 0.6) is 5.75 Å². The summed E-state index contributed by atoms with van der Waals surface area (Å²) in [6.07, 6.45) is 0.716. The van der Waals surface area contributed by atoms with Crippen molar-refractivity contribution in [2.75, 3.05) is 13.2 Å². The highest BCUT2D eigenvalue weighted by atomic mass is 16.6. The average molecular weight is 341 g/mol. The number of ether oxygens (including phenoxy) is 2. The molecule has 0 aromatic heterocycles. The Balaban J connectivity index is 1.67. The van der Waals surface area contributed by atoms with Crippen LogP contribution in [0.15, 0.2) is 48.5 Å². The fraction of sp³-hybridized carbons (Fsp3) is 0.211. The van der Waals surface area contributed by atoms with E-state index in [0.29, 0.717) is 24.1 Å². The Morgan fingerprint density at radius 2 is 1.76 bits per heavy atom. The van der Waals surface area contributed by atoms with Crippen LogP contribution >= 0.6 is 0 Å². The predicted molar refractivity (Wildman–Crippen MR) is 91.3 cm³/mol. The summed E-state index contributed by atoms with van der Waals surface area (Å²) in [5.74, 6) is -0.594. The molecule has 0 spiro atoms. The number of aryl methyl sites for hydroxylation is 1. The van der Waals surface area contributed by atoms with Crippen LogP contribution in [0.3, 0.4) is 0 Å². The maximum absolute atomic E-state index is 11.7. The minimum absolute atomic E-state index is 0.314. The third-order valence-electron chi connectivity index (χ3n) is 3.47. The monoisotopic (exact) mass is 341 g/mol. The van der Waals surface area contributed by atoms with Crippen molar-refractivity contribution in [1.29, 1.82) is 0 Å². The quantitative estimate of drug-likeness (QED) is 0.587. The van der Waals surface area contributed by atoms with Crippen molar-refractivity contribution in [3.05, 3.63) is 65.2 Å². The molecule has 0 aliphatic carbocycles. The highest BCUT2D eigenvalue weighted by molar-refractivity contribution is 5.81. The van der Waals surface area contributed by atoms with Crippen LogP contribution in [0.2, 0.25) is 0 Å². The number of esters is 1. The molecule has 2 aromatic carbocycles. The van der Waals surface area contributed by atoms with Gasteiger partial charge in [-0.3, -0.25) is 9.59 Å². The topological polar surface area (TPSA) is 81.7 Å². The first-order valence-corrected chi connectivity index (χ1v) is 7.73. The summed E-state index contributed by atoms with van der Waals surface area (Å²) in [5, 5.41) is 2.69. The summed E-state index contributed by atoms with van der Waals surface area (Å²) < 4.78 is 10.1. The van der Waals surface area contributed by atoms with E-state index in [1.807, 2.05) is 31.2 Å². The molecule has 6 nitrogen and oxygen atoms in total. The van der Waals surface area contributed by atoms with Crippen LogP contribution in [0, 0.1) is 6.92 Å². The normalized spacial score (nSPS) is 9.96. The van der Waals surface area contributed by atoms with Crippen molar-refractivity contribution in [3.8, 4) is 5.75 Å². The maximum atomic E-state index is 11.7. The second-order valence-electron chi connectivity index (χ2n) is 5.34. The predicted octanol–water partition coefficient (Wildman–Crippen LogP) is 2.05. The van der Waals surface area contributed by atoms with Gasteiger partial charge in [0.2, 0.25) is 0 Å². The van der Waals surface area contributed by atoms with E-state index < -0.39 is 5.97 Å². The Bertz CT molecular complexity index is 740. The number of aldehydes is 1. The van der Waals surface area contributed by atoms with Crippen LogP contribution in [0.1, 0.15) is 21.5 Å². The van der Waals surface area contributed by atoms with Crippen molar-refractivity contribution >= 4 is 18.2 Å². The Kier molecular flexibility index (Phi) is 6.71. The number of hydrogen-bond donors (Lipinski definition) is 1. The summed E-state index contributed by atoms with van der Waals surface area (Å²) in [5.41, 5.74) is 2.60. The lowest BCUT2D eigenvalue weighted by molar-refractivity contribution is -0.150. The van der Waals surface area contributed by atoms with E-state index in [0.717, 1.165) is 11.1 Å². The van der Waals surface area contributed by atoms with Crippen LogP contribution in [-0.2, 0) is 20.9 Å². The van der Waals surface area contributed by atoms with Gasteiger partial charge < -0.3 is 14.8 Å². The number of carbonyl (C=O) groups is 3. The molecular weight excluding hydrogens is 322 g/mol. The molecular formula is C19H19NO5. The van der Waals surface area contributed by atoms with Gasteiger partial charge >= 0.3 is 5.97 Å². The molecule has 130 valence electrons. The van der Waals surface area contributed by atoms with Gasteiger partial charge in [0.25, 0.3) is 5.91 Å². The van der Waals surface area contributed by atoms with Gasteiger partial charge in [-0.1, -0.05) is 24.3 Å². The Hall–Kier alpha value is -3.15. The van der Waals surface area contributed by atoms with Gasteiger partial charge in [0.15, 0.2) is 13.2 Å². The smallest absolute Gasteiger partial charge is 0.344 e. The van der Waals surface area contributed by atoms with Crippen molar-refractivity contribution in [3.63, 3.8) is 0 Å². The minimum Gasteiger partial charge on any atom is -0.482 e. The van der Waals surface area contributed by atoms with Gasteiger partial charge in [-0.25, -0.2) is 4.79 Å². The molecule has 0 saturated heterocycles. The molecule has 2 aromatic rings. The van der Waals surface area contributed by atoms with Gasteiger partial charge in [-0.2, -0.15) is 0 Å². The van der Waals surface area contributed by atoms with Gasteiger partial charge in [0, 0.05) is 12.1 Å². The Morgan fingerprint density at radius 3 is 2.44 bits per heavy atom. The number of hydrogen-bond acceptors (Lipinski definition) is 5. The first-order chi connectivity index (χ1) is 12.1. The molecule has 6 heteroatoms. The lowest BCUT2D eigenvalue weighted by Crippen LogP contribution is -2.29. The lowest BCUT2D eigenvalue weighted by Gasteiger charge is -2.09. The highest BCUT2D eigenvalue weighted by Gasteiger charge is 2.09. The Labute approximate surface area is 145 Å². The van der Waals surface area contributed by atoms with Crippen molar-refractivity contribution < 1.29 is 23.9 Å². The zero-order chi connectivity index (χ0) is 18.1. The van der Waals surface area contributed by atoms with E-state index in [9.17, 15) is 14.4 Å². The van der Waals surface area contributed by atoms with Crippen molar-refractivity contribution in [2.45, 2.75) is 13.5 Å². The summed E-state index contributed by atoms with van der Waals surface area (Å²) in [6, 6.07) is 14.0. The molecule has 0 unspecified atom stereocenters. The molecule has 0 radical (unpaired) electrons. The summed E-state index contributed by atoms with van der Waals surface area (Å²) in [6.45, 7) is 1.66. The maximum Gasteiger partial charge on any atom is 0.344 e. The summed E-state index contributed by atoms with van der Waals surface area (Å²) in [7, 11) is 0. The third-order valence-corrected chi connectivity index (χ3v) is 3.47. The molecule has 0 heterocycles. The highest BCUT2D eigenvalue weighted by Crippen LogP contribution is 2.11. The van der Waals surface area contributed by atoms with Crippen molar-refractivity contribution in [2.24, 2.45) is 0 Å². The summed E-state index contributed by atoms with van der Waals surface area (Å²) >= 11 is 0. The number of rotatable bonds is 8. The molecule has 0 saturated carbocycles. The van der Waals surface area contributed by atoms with Crippen LogP contribution in [0.25, 0.3) is 0 Å². The molecule has 0 fully saturated rings. The second-order valence-corrected chi connectivity index (χ2v) is 5.34. The first-order valence-electron chi connectivity index (χ1n) is 7.73. The third kappa shape index (κ3) is 6.10. The average Bonchev–Trinajstić information content (AvgIpc) is 2.64. The Morgan fingerprint density at radius 1 is 1.04 bits per heavy atom. The van der Waals surface area contributed by atoms with Crippen LogP contribution in [-0.4, -0.2) is 31.4 Å². The second kappa shape index (κ2) is 9.22. The van der Waals surface area contributed by atoms with E-state index >= 15 is 0 Å². The molecule has 0 bridgehead atoms. The standard InChI is InChI=1S/C19H19NO5/c1-14-4-2-3-5-16(14)10-20-18(22)12-25-19(23)13-24-17-8-6-15(11-21)7-9-17/h2-9,11H,10,12-13H2,1H3,(H,20,22). The molecule has 0 atom stereocenters. The van der Waals surface area contributed by atoms with E-state index in [2.05, 4.69) is 5.32 Å². The van der Waals surface area contributed by atoms with E-state index in [4.69, 9.17) is 9.47 Å². The molecule has 25 heavy (non-hydrogen) atoms. The fourth-order valence-corrected chi connectivity index (χ4v) is 2.03. The molecule has 1 amide bonds. The molecule has 1 N–H and O–H groups in total. The molecule has 2 rings (SSSR count). The minimum atomic E-state index is -0.648. The first kappa shape index (κ1) is 18.2. The van der Waals surface area contributed by atoms with Gasteiger partial charge in [-0.15, -0.1) is 0 Å². The number of carbonyl (C=O) groups excluding carboxylic acids is 3. The van der Waals surface area contributed by atoms with Gasteiger partial charge in [0.05, 0.1) is 0 Å². The van der Waals surface area contributed by atoms with Gasteiger partial charge in [-0.05, 0) is 42.3 Å². The lowest BCUT2D eigenvalue weighted by atomic mass is 10.1. The van der Waals surface area contributed by atoms with Crippen molar-refractivity contribution in [1.82, 2.24) is 5.32 Å². The zero-order valence-corrected chi connectivity index (χ0v) is 13.9.